The van der Waals surface area contributed by atoms with E-state index in [2.05, 4.69) is 0 Å². The molecule has 18 heavy (non-hydrogen) atoms. The van der Waals surface area contributed by atoms with Crippen LogP contribution in [0.25, 0.3) is 11.1 Å². The van der Waals surface area contributed by atoms with Gasteiger partial charge in [0.15, 0.2) is 0 Å². The Kier molecular flexibility index (Phi) is 2.31. The Labute approximate surface area is 105 Å². The van der Waals surface area contributed by atoms with Crippen LogP contribution in [0.2, 0.25) is 0 Å². The van der Waals surface area contributed by atoms with Crippen molar-refractivity contribution in [2.75, 3.05) is 0 Å². The van der Waals surface area contributed by atoms with E-state index >= 15 is 0 Å². The van der Waals surface area contributed by atoms with Gasteiger partial charge >= 0.3 is 0 Å². The predicted molar refractivity (Wildman–Crippen MR) is 69.0 cm³/mol. The molecule has 1 aliphatic carbocycles. The zero-order chi connectivity index (χ0) is 12.9. The quantitative estimate of drug-likeness (QED) is 0.683. The number of alkyl halides is 2. The maximum atomic E-state index is 14.4. The van der Waals surface area contributed by atoms with Crippen LogP contribution in [0.3, 0.4) is 0 Å². The van der Waals surface area contributed by atoms with Crippen molar-refractivity contribution in [3.8, 4) is 11.1 Å². The second kappa shape index (κ2) is 3.64. The van der Waals surface area contributed by atoms with Crippen LogP contribution in [-0.2, 0) is 12.3 Å². The van der Waals surface area contributed by atoms with Gasteiger partial charge in [-0.25, -0.2) is 0 Å². The molecule has 0 atom stereocenters. The molecule has 1 aliphatic rings. The SMILES string of the molecule is CCc1ccc2c(c1)C(F)(F)c1cc(C)ccc1-2. The molecule has 0 nitrogen and oxygen atoms in total. The molecule has 0 saturated carbocycles. The lowest BCUT2D eigenvalue weighted by Crippen LogP contribution is -2.11. The standard InChI is InChI=1S/C16H14F2/c1-3-11-5-7-13-12-6-4-10(2)8-14(12)16(17,18)15(13)9-11/h4-9H,3H2,1-2H3. The van der Waals surface area contributed by atoms with Crippen LogP contribution in [0, 0.1) is 6.92 Å². The summed E-state index contributed by atoms with van der Waals surface area (Å²) < 4.78 is 28.9. The van der Waals surface area contributed by atoms with Gasteiger partial charge in [0.25, 0.3) is 5.92 Å². The van der Waals surface area contributed by atoms with Crippen LogP contribution in [0.15, 0.2) is 36.4 Å². The second-order valence-electron chi connectivity index (χ2n) is 4.86. The average molecular weight is 244 g/mol. The fourth-order valence-corrected chi connectivity index (χ4v) is 2.60. The minimum Gasteiger partial charge on any atom is -0.196 e. The molecule has 0 bridgehead atoms. The van der Waals surface area contributed by atoms with Gasteiger partial charge in [-0.1, -0.05) is 36.8 Å². The van der Waals surface area contributed by atoms with E-state index in [1.165, 1.54) is 0 Å². The third-order valence-electron chi connectivity index (χ3n) is 3.63. The molecule has 0 N–H and O–H groups in total. The molecule has 2 aromatic carbocycles. The summed E-state index contributed by atoms with van der Waals surface area (Å²) in [6.45, 7) is 3.82. The number of hydrogen-bond acceptors (Lipinski definition) is 0. The lowest BCUT2D eigenvalue weighted by molar-refractivity contribution is 0.0479. The Morgan fingerprint density at radius 1 is 0.944 bits per heavy atom. The van der Waals surface area contributed by atoms with E-state index in [1.54, 1.807) is 18.2 Å². The molecule has 0 spiro atoms. The fourth-order valence-electron chi connectivity index (χ4n) is 2.60. The van der Waals surface area contributed by atoms with Gasteiger partial charge in [-0.2, -0.15) is 8.78 Å². The van der Waals surface area contributed by atoms with E-state index < -0.39 is 5.92 Å². The highest BCUT2D eigenvalue weighted by atomic mass is 19.3. The minimum atomic E-state index is -2.86. The van der Waals surface area contributed by atoms with Crippen molar-refractivity contribution in [1.29, 1.82) is 0 Å². The minimum absolute atomic E-state index is 0.144. The Bertz CT molecular complexity index is 627. The molecule has 0 heterocycles. The molecule has 0 radical (unpaired) electrons. The van der Waals surface area contributed by atoms with Gasteiger partial charge in [-0.3, -0.25) is 0 Å². The highest BCUT2D eigenvalue weighted by Gasteiger charge is 2.44. The fraction of sp³-hybridized carbons (Fsp3) is 0.250. The average Bonchev–Trinajstić information content (AvgIpc) is 2.58. The lowest BCUT2D eigenvalue weighted by atomic mass is 10.0. The molecule has 0 saturated heterocycles. The molecule has 0 unspecified atom stereocenters. The summed E-state index contributed by atoms with van der Waals surface area (Å²) in [4.78, 5) is 0. The summed E-state index contributed by atoms with van der Waals surface area (Å²) in [7, 11) is 0. The van der Waals surface area contributed by atoms with Crippen molar-refractivity contribution in [3.63, 3.8) is 0 Å². The van der Waals surface area contributed by atoms with Gasteiger partial charge in [-0.05, 0) is 42.2 Å². The van der Waals surface area contributed by atoms with E-state index in [9.17, 15) is 8.78 Å². The number of rotatable bonds is 1. The first kappa shape index (κ1) is 11.4. The van der Waals surface area contributed by atoms with Crippen molar-refractivity contribution in [1.82, 2.24) is 0 Å². The second-order valence-corrected chi connectivity index (χ2v) is 4.86. The van der Waals surface area contributed by atoms with Crippen LogP contribution >= 0.6 is 0 Å². The van der Waals surface area contributed by atoms with E-state index in [0.717, 1.165) is 17.5 Å². The summed E-state index contributed by atoms with van der Waals surface area (Å²) in [5, 5.41) is 0. The topological polar surface area (TPSA) is 0 Å². The van der Waals surface area contributed by atoms with Crippen LogP contribution < -0.4 is 0 Å². The van der Waals surface area contributed by atoms with Crippen molar-refractivity contribution in [2.24, 2.45) is 0 Å². The summed E-state index contributed by atoms with van der Waals surface area (Å²) in [5.41, 5.74) is 3.47. The monoisotopic (exact) mass is 244 g/mol. The largest absolute Gasteiger partial charge is 0.299 e. The van der Waals surface area contributed by atoms with Crippen LogP contribution in [0.5, 0.6) is 0 Å². The Balaban J connectivity index is 2.31. The highest BCUT2D eigenvalue weighted by Crippen LogP contribution is 2.51. The van der Waals surface area contributed by atoms with Crippen molar-refractivity contribution < 1.29 is 8.78 Å². The van der Waals surface area contributed by atoms with Gasteiger partial charge in [0, 0.05) is 11.1 Å². The van der Waals surface area contributed by atoms with Crippen LogP contribution in [0.4, 0.5) is 8.78 Å². The third kappa shape index (κ3) is 1.41. The third-order valence-corrected chi connectivity index (χ3v) is 3.63. The Hall–Kier alpha value is -1.70. The van der Waals surface area contributed by atoms with Gasteiger partial charge < -0.3 is 0 Å². The first-order valence-corrected chi connectivity index (χ1v) is 6.16. The summed E-state index contributed by atoms with van der Waals surface area (Å²) >= 11 is 0. The molecule has 92 valence electrons. The van der Waals surface area contributed by atoms with Crippen molar-refractivity contribution in [3.05, 3.63) is 58.7 Å². The molecule has 2 heteroatoms. The van der Waals surface area contributed by atoms with Gasteiger partial charge in [0.05, 0.1) is 0 Å². The first-order valence-electron chi connectivity index (χ1n) is 6.16. The summed E-state index contributed by atoms with van der Waals surface area (Å²) in [5.74, 6) is -2.86. The summed E-state index contributed by atoms with van der Waals surface area (Å²) in [6.07, 6.45) is 0.777. The zero-order valence-electron chi connectivity index (χ0n) is 10.4. The van der Waals surface area contributed by atoms with Gasteiger partial charge in [-0.15, -0.1) is 0 Å². The van der Waals surface area contributed by atoms with Crippen LogP contribution in [-0.4, -0.2) is 0 Å². The number of halogens is 2. The van der Waals surface area contributed by atoms with Crippen molar-refractivity contribution >= 4 is 0 Å². The molecule has 0 fully saturated rings. The van der Waals surface area contributed by atoms with E-state index in [0.29, 0.717) is 11.1 Å². The maximum Gasteiger partial charge on any atom is 0.299 e. The van der Waals surface area contributed by atoms with Gasteiger partial charge in [0.2, 0.25) is 0 Å². The Morgan fingerprint density at radius 3 is 2.22 bits per heavy atom. The van der Waals surface area contributed by atoms with E-state index in [1.807, 2.05) is 32.0 Å². The zero-order valence-corrected chi connectivity index (χ0v) is 10.4. The molecular weight excluding hydrogens is 230 g/mol. The van der Waals surface area contributed by atoms with Crippen molar-refractivity contribution in [2.45, 2.75) is 26.2 Å². The van der Waals surface area contributed by atoms with E-state index in [-0.39, 0.29) is 11.1 Å². The molecule has 0 aliphatic heterocycles. The number of fused-ring (bicyclic) bond motifs is 3. The number of aryl methyl sites for hydroxylation is 2. The Morgan fingerprint density at radius 2 is 1.56 bits per heavy atom. The number of hydrogen-bond donors (Lipinski definition) is 0. The predicted octanol–water partition coefficient (Wildman–Crippen LogP) is 4.68. The summed E-state index contributed by atoms with van der Waals surface area (Å²) in [6, 6.07) is 10.7. The lowest BCUT2D eigenvalue weighted by Gasteiger charge is -2.13. The van der Waals surface area contributed by atoms with E-state index in [4.69, 9.17) is 0 Å². The van der Waals surface area contributed by atoms with Gasteiger partial charge in [0.1, 0.15) is 0 Å². The molecular formula is C16H14F2. The molecule has 0 aromatic heterocycles. The van der Waals surface area contributed by atoms with Crippen LogP contribution in [0.1, 0.15) is 29.2 Å². The molecule has 0 amide bonds. The number of benzene rings is 2. The normalized spacial score (nSPS) is 15.3. The molecule has 2 aromatic rings. The molecule has 3 rings (SSSR count). The smallest absolute Gasteiger partial charge is 0.196 e. The maximum absolute atomic E-state index is 14.4. The first-order chi connectivity index (χ1) is 8.54. The highest BCUT2D eigenvalue weighted by molar-refractivity contribution is 5.80.